The number of rotatable bonds is 4. The molecule has 2 heterocycles. The van der Waals surface area contributed by atoms with Crippen LogP contribution in [0.4, 0.5) is 4.79 Å². The smallest absolute Gasteiger partial charge is 0.317 e. The van der Waals surface area contributed by atoms with Crippen molar-refractivity contribution in [3.63, 3.8) is 0 Å². The van der Waals surface area contributed by atoms with Crippen LogP contribution >= 0.6 is 0 Å². The molecule has 114 valence electrons. The van der Waals surface area contributed by atoms with Gasteiger partial charge in [0.2, 0.25) is 0 Å². The van der Waals surface area contributed by atoms with Crippen molar-refractivity contribution in [2.45, 2.75) is 19.1 Å². The van der Waals surface area contributed by atoms with E-state index in [1.807, 2.05) is 42.5 Å². The summed E-state index contributed by atoms with van der Waals surface area (Å²) >= 11 is 0. The van der Waals surface area contributed by atoms with Crippen LogP contribution in [0, 0.1) is 0 Å². The average Bonchev–Trinajstić information content (AvgIpc) is 3.03. The molecule has 0 spiro atoms. The molecular formula is C17H19N3O2. The number of amides is 2. The molecule has 1 N–H and O–H groups in total. The summed E-state index contributed by atoms with van der Waals surface area (Å²) in [5.74, 6) is 0.798. The van der Waals surface area contributed by atoms with E-state index in [1.54, 1.807) is 17.3 Å². The van der Waals surface area contributed by atoms with E-state index in [9.17, 15) is 4.79 Å². The molecule has 5 nitrogen and oxygen atoms in total. The molecule has 5 heteroatoms. The minimum Gasteiger partial charge on any atom is -0.488 e. The third-order valence-corrected chi connectivity index (χ3v) is 3.67. The molecule has 1 aliphatic heterocycles. The van der Waals surface area contributed by atoms with Crippen molar-refractivity contribution in [2.75, 3.05) is 13.1 Å². The minimum atomic E-state index is -0.0373. The highest BCUT2D eigenvalue weighted by Gasteiger charge is 2.27. The molecule has 1 fully saturated rings. The van der Waals surface area contributed by atoms with Crippen molar-refractivity contribution in [2.24, 2.45) is 0 Å². The third kappa shape index (κ3) is 3.75. The summed E-state index contributed by atoms with van der Waals surface area (Å²) in [5.41, 5.74) is 1.10. The van der Waals surface area contributed by atoms with Crippen molar-refractivity contribution in [3.8, 4) is 5.75 Å². The molecule has 1 aliphatic rings. The zero-order valence-electron chi connectivity index (χ0n) is 12.3. The lowest BCUT2D eigenvalue weighted by Gasteiger charge is -2.18. The van der Waals surface area contributed by atoms with Crippen LogP contribution in [0.5, 0.6) is 5.75 Å². The molecule has 2 aromatic rings. The number of benzene rings is 1. The maximum absolute atomic E-state index is 12.2. The fourth-order valence-corrected chi connectivity index (χ4v) is 2.50. The molecule has 0 bridgehead atoms. The first-order valence-corrected chi connectivity index (χ1v) is 7.44. The summed E-state index contributed by atoms with van der Waals surface area (Å²) in [7, 11) is 0. The lowest BCUT2D eigenvalue weighted by molar-refractivity contribution is 0.186. The number of carbonyl (C=O) groups is 1. The minimum absolute atomic E-state index is 0.0373. The van der Waals surface area contributed by atoms with Crippen LogP contribution in [0.2, 0.25) is 0 Å². The van der Waals surface area contributed by atoms with E-state index in [2.05, 4.69) is 10.3 Å². The molecule has 0 aliphatic carbocycles. The normalized spacial score (nSPS) is 17.3. The van der Waals surface area contributed by atoms with Gasteiger partial charge in [-0.1, -0.05) is 30.3 Å². The van der Waals surface area contributed by atoms with Crippen molar-refractivity contribution in [1.29, 1.82) is 0 Å². The van der Waals surface area contributed by atoms with E-state index in [0.29, 0.717) is 13.1 Å². The topological polar surface area (TPSA) is 54.5 Å². The van der Waals surface area contributed by atoms with Gasteiger partial charge in [0.05, 0.1) is 6.54 Å². The Labute approximate surface area is 129 Å². The number of hydrogen-bond donors (Lipinski definition) is 1. The maximum atomic E-state index is 12.2. The van der Waals surface area contributed by atoms with E-state index >= 15 is 0 Å². The summed E-state index contributed by atoms with van der Waals surface area (Å²) in [5, 5.41) is 2.95. The number of carbonyl (C=O) groups excluding carboxylic acids is 1. The largest absolute Gasteiger partial charge is 0.488 e. The standard InChI is InChI=1S/C17H19N3O2/c21-17(19-12-14-4-2-1-3-5-14)20-11-8-16(13-20)22-15-6-9-18-10-7-15/h1-7,9-10,16H,8,11-13H2,(H,19,21)/t16-/m0/s1. The van der Waals surface area contributed by atoms with Crippen LogP contribution in [0.1, 0.15) is 12.0 Å². The van der Waals surface area contributed by atoms with Gasteiger partial charge in [0.25, 0.3) is 0 Å². The second-order valence-corrected chi connectivity index (χ2v) is 5.30. The van der Waals surface area contributed by atoms with Crippen molar-refractivity contribution < 1.29 is 9.53 Å². The van der Waals surface area contributed by atoms with Crippen LogP contribution in [0.15, 0.2) is 54.9 Å². The van der Waals surface area contributed by atoms with Crippen LogP contribution in [0.3, 0.4) is 0 Å². The molecule has 0 saturated carbocycles. The number of hydrogen-bond acceptors (Lipinski definition) is 3. The van der Waals surface area contributed by atoms with E-state index < -0.39 is 0 Å². The van der Waals surface area contributed by atoms with Gasteiger partial charge >= 0.3 is 6.03 Å². The Morgan fingerprint density at radius 3 is 2.77 bits per heavy atom. The Morgan fingerprint density at radius 1 is 1.23 bits per heavy atom. The molecule has 22 heavy (non-hydrogen) atoms. The zero-order valence-corrected chi connectivity index (χ0v) is 12.3. The van der Waals surface area contributed by atoms with E-state index in [-0.39, 0.29) is 12.1 Å². The van der Waals surface area contributed by atoms with Gasteiger partial charge in [-0.05, 0) is 17.7 Å². The summed E-state index contributed by atoms with van der Waals surface area (Å²) in [6.45, 7) is 1.88. The first kappa shape index (κ1) is 14.4. The molecule has 1 saturated heterocycles. The van der Waals surface area contributed by atoms with Gasteiger partial charge in [0, 0.05) is 31.9 Å². The second-order valence-electron chi connectivity index (χ2n) is 5.30. The van der Waals surface area contributed by atoms with Gasteiger partial charge in [-0.15, -0.1) is 0 Å². The first-order valence-electron chi connectivity index (χ1n) is 7.44. The highest BCUT2D eigenvalue weighted by atomic mass is 16.5. The number of urea groups is 1. The number of nitrogens with one attached hydrogen (secondary N) is 1. The summed E-state index contributed by atoms with van der Waals surface area (Å²) < 4.78 is 5.86. The predicted octanol–water partition coefficient (Wildman–Crippen LogP) is 2.44. The fraction of sp³-hybridized carbons (Fsp3) is 0.294. The van der Waals surface area contributed by atoms with E-state index in [0.717, 1.165) is 24.3 Å². The molecule has 0 unspecified atom stereocenters. The van der Waals surface area contributed by atoms with Crippen LogP contribution < -0.4 is 10.1 Å². The van der Waals surface area contributed by atoms with Crippen molar-refractivity contribution in [1.82, 2.24) is 15.2 Å². The van der Waals surface area contributed by atoms with Gasteiger partial charge in [0.15, 0.2) is 0 Å². The predicted molar refractivity (Wildman–Crippen MR) is 83.5 cm³/mol. The molecule has 1 aromatic carbocycles. The van der Waals surface area contributed by atoms with Crippen LogP contribution in [-0.2, 0) is 6.54 Å². The zero-order chi connectivity index (χ0) is 15.2. The molecule has 2 amide bonds. The quantitative estimate of drug-likeness (QED) is 0.943. The van der Waals surface area contributed by atoms with Gasteiger partial charge in [-0.3, -0.25) is 4.98 Å². The van der Waals surface area contributed by atoms with Crippen LogP contribution in [0.25, 0.3) is 0 Å². The highest BCUT2D eigenvalue weighted by Crippen LogP contribution is 2.17. The Bertz CT molecular complexity index is 604. The molecule has 1 atom stereocenters. The lowest BCUT2D eigenvalue weighted by atomic mass is 10.2. The molecule has 1 aromatic heterocycles. The Hall–Kier alpha value is -2.56. The summed E-state index contributed by atoms with van der Waals surface area (Å²) in [6.07, 6.45) is 4.30. The third-order valence-electron chi connectivity index (χ3n) is 3.67. The van der Waals surface area contributed by atoms with Gasteiger partial charge in [0.1, 0.15) is 11.9 Å². The number of pyridine rings is 1. The van der Waals surface area contributed by atoms with E-state index in [4.69, 9.17) is 4.74 Å². The average molecular weight is 297 g/mol. The number of aromatic nitrogens is 1. The van der Waals surface area contributed by atoms with Crippen molar-refractivity contribution >= 4 is 6.03 Å². The second kappa shape index (κ2) is 6.93. The highest BCUT2D eigenvalue weighted by molar-refractivity contribution is 5.74. The first-order chi connectivity index (χ1) is 10.8. The van der Waals surface area contributed by atoms with E-state index in [1.165, 1.54) is 0 Å². The monoisotopic (exact) mass is 297 g/mol. The van der Waals surface area contributed by atoms with Gasteiger partial charge in [-0.25, -0.2) is 4.79 Å². The number of nitrogens with zero attached hydrogens (tertiary/aromatic N) is 2. The summed E-state index contributed by atoms with van der Waals surface area (Å²) in [6, 6.07) is 13.5. The van der Waals surface area contributed by atoms with Crippen LogP contribution in [-0.4, -0.2) is 35.1 Å². The molecule has 0 radical (unpaired) electrons. The number of ether oxygens (including phenoxy) is 1. The number of likely N-dealkylation sites (tertiary alicyclic amines) is 1. The maximum Gasteiger partial charge on any atom is 0.317 e. The SMILES string of the molecule is O=C(NCc1ccccc1)N1CC[C@H](Oc2ccncc2)C1. The molecule has 3 rings (SSSR count). The van der Waals surface area contributed by atoms with Gasteiger partial charge < -0.3 is 15.0 Å². The Balaban J connectivity index is 1.46. The summed E-state index contributed by atoms with van der Waals surface area (Å²) in [4.78, 5) is 17.9. The lowest BCUT2D eigenvalue weighted by Crippen LogP contribution is -2.39. The fourth-order valence-electron chi connectivity index (χ4n) is 2.50. The Morgan fingerprint density at radius 2 is 2.00 bits per heavy atom. The van der Waals surface area contributed by atoms with Crippen molar-refractivity contribution in [3.05, 3.63) is 60.4 Å². The Kier molecular flexibility index (Phi) is 4.53. The van der Waals surface area contributed by atoms with Gasteiger partial charge in [-0.2, -0.15) is 0 Å². The molecular weight excluding hydrogens is 278 g/mol.